The molecule has 2 nitrogen and oxygen atoms in total. The highest BCUT2D eigenvalue weighted by Crippen LogP contribution is 2.30. The van der Waals surface area contributed by atoms with Crippen LogP contribution in [0.4, 0.5) is 0 Å². The van der Waals surface area contributed by atoms with E-state index < -0.39 is 0 Å². The molecule has 0 aliphatic heterocycles. The standard InChI is InChI=1S/C11H16ClNOS/c1-13(2)11(7-15)9-5-4-8(14-3)6-10(9)12/h4-6,11,15H,7H2,1-3H3. The molecule has 15 heavy (non-hydrogen) atoms. The Hall–Kier alpha value is -0.380. The molecule has 1 rings (SSSR count). The van der Waals surface area contributed by atoms with E-state index in [-0.39, 0.29) is 6.04 Å². The highest BCUT2D eigenvalue weighted by Gasteiger charge is 2.15. The maximum absolute atomic E-state index is 6.19. The van der Waals surface area contributed by atoms with Gasteiger partial charge in [-0.15, -0.1) is 0 Å². The first kappa shape index (κ1) is 12.7. The maximum atomic E-state index is 6.19. The van der Waals surface area contributed by atoms with Crippen LogP contribution in [0.1, 0.15) is 11.6 Å². The third-order valence-electron chi connectivity index (χ3n) is 2.36. The molecule has 84 valence electrons. The van der Waals surface area contributed by atoms with Crippen LogP contribution in [0, 0.1) is 0 Å². The van der Waals surface area contributed by atoms with Gasteiger partial charge in [0.2, 0.25) is 0 Å². The van der Waals surface area contributed by atoms with Crippen LogP contribution in [0.3, 0.4) is 0 Å². The summed E-state index contributed by atoms with van der Waals surface area (Å²) in [6, 6.07) is 5.96. The first-order valence-corrected chi connectivity index (χ1v) is 5.72. The summed E-state index contributed by atoms with van der Waals surface area (Å²) in [6.45, 7) is 0. The molecule has 0 N–H and O–H groups in total. The van der Waals surface area contributed by atoms with Crippen molar-refractivity contribution >= 4 is 24.2 Å². The monoisotopic (exact) mass is 245 g/mol. The molecule has 0 radical (unpaired) electrons. The van der Waals surface area contributed by atoms with Gasteiger partial charge in [0.25, 0.3) is 0 Å². The first-order valence-electron chi connectivity index (χ1n) is 4.71. The second kappa shape index (κ2) is 5.64. The fraction of sp³-hybridized carbons (Fsp3) is 0.455. The van der Waals surface area contributed by atoms with E-state index in [0.29, 0.717) is 0 Å². The molecule has 4 heteroatoms. The van der Waals surface area contributed by atoms with Crippen LogP contribution < -0.4 is 4.74 Å². The van der Waals surface area contributed by atoms with E-state index >= 15 is 0 Å². The number of nitrogens with zero attached hydrogens (tertiary/aromatic N) is 1. The molecule has 0 aliphatic rings. The van der Waals surface area contributed by atoms with Crippen molar-refractivity contribution in [3.8, 4) is 5.75 Å². The van der Waals surface area contributed by atoms with E-state index in [0.717, 1.165) is 22.1 Å². The highest BCUT2D eigenvalue weighted by atomic mass is 35.5. The van der Waals surface area contributed by atoms with E-state index in [1.54, 1.807) is 7.11 Å². The van der Waals surface area contributed by atoms with Crippen LogP contribution in [0.25, 0.3) is 0 Å². The molecule has 0 aromatic heterocycles. The highest BCUT2D eigenvalue weighted by molar-refractivity contribution is 7.80. The van der Waals surface area contributed by atoms with Gasteiger partial charge in [-0.3, -0.25) is 0 Å². The number of hydrogen-bond acceptors (Lipinski definition) is 3. The second-order valence-corrected chi connectivity index (χ2v) is 4.32. The van der Waals surface area contributed by atoms with Crippen LogP contribution in [0.15, 0.2) is 18.2 Å². The van der Waals surface area contributed by atoms with Crippen LogP contribution in [0.5, 0.6) is 5.75 Å². The van der Waals surface area contributed by atoms with Gasteiger partial charge in [0.15, 0.2) is 0 Å². The van der Waals surface area contributed by atoms with Crippen molar-refractivity contribution in [1.82, 2.24) is 4.90 Å². The number of hydrogen-bond donors (Lipinski definition) is 1. The summed E-state index contributed by atoms with van der Waals surface area (Å²) in [4.78, 5) is 2.10. The Morgan fingerprint density at radius 2 is 2.13 bits per heavy atom. The smallest absolute Gasteiger partial charge is 0.120 e. The Morgan fingerprint density at radius 3 is 2.53 bits per heavy atom. The van der Waals surface area contributed by atoms with Crippen LogP contribution in [-0.2, 0) is 0 Å². The summed E-state index contributed by atoms with van der Waals surface area (Å²) in [6.07, 6.45) is 0. The van der Waals surface area contributed by atoms with Crippen molar-refractivity contribution in [1.29, 1.82) is 0 Å². The van der Waals surface area contributed by atoms with Gasteiger partial charge < -0.3 is 9.64 Å². The molecule has 0 heterocycles. The molecule has 0 aliphatic carbocycles. The normalized spacial score (nSPS) is 12.9. The molecule has 0 spiro atoms. The van der Waals surface area contributed by atoms with Gasteiger partial charge in [0.1, 0.15) is 5.75 Å². The minimum absolute atomic E-state index is 0.228. The predicted octanol–water partition coefficient (Wildman–Crippen LogP) is 2.88. The lowest BCUT2D eigenvalue weighted by molar-refractivity contribution is 0.326. The average molecular weight is 246 g/mol. The van der Waals surface area contributed by atoms with E-state index in [1.165, 1.54) is 0 Å². The number of benzene rings is 1. The third-order valence-corrected chi connectivity index (χ3v) is 3.04. The van der Waals surface area contributed by atoms with Gasteiger partial charge in [-0.25, -0.2) is 0 Å². The van der Waals surface area contributed by atoms with Crippen molar-refractivity contribution in [2.45, 2.75) is 6.04 Å². The summed E-state index contributed by atoms with van der Waals surface area (Å²) in [7, 11) is 5.66. The molecule has 0 saturated heterocycles. The van der Waals surface area contributed by atoms with Gasteiger partial charge in [0.05, 0.1) is 7.11 Å². The fourth-order valence-electron chi connectivity index (χ4n) is 1.44. The van der Waals surface area contributed by atoms with Crippen molar-refractivity contribution in [2.75, 3.05) is 27.0 Å². The Morgan fingerprint density at radius 1 is 1.47 bits per heavy atom. The minimum Gasteiger partial charge on any atom is -0.497 e. The van der Waals surface area contributed by atoms with E-state index in [9.17, 15) is 0 Å². The van der Waals surface area contributed by atoms with Gasteiger partial charge in [-0.1, -0.05) is 17.7 Å². The molecule has 0 fully saturated rings. The zero-order valence-electron chi connectivity index (χ0n) is 9.20. The van der Waals surface area contributed by atoms with Crippen molar-refractivity contribution in [3.05, 3.63) is 28.8 Å². The number of thiol groups is 1. The zero-order chi connectivity index (χ0) is 11.4. The number of rotatable bonds is 4. The molecule has 1 atom stereocenters. The Balaban J connectivity index is 3.03. The second-order valence-electron chi connectivity index (χ2n) is 3.55. The SMILES string of the molecule is COc1ccc(C(CS)N(C)C)c(Cl)c1. The van der Waals surface area contributed by atoms with Gasteiger partial charge >= 0.3 is 0 Å². The molecule has 1 aromatic carbocycles. The molecule has 1 aromatic rings. The van der Waals surface area contributed by atoms with Crippen molar-refractivity contribution in [3.63, 3.8) is 0 Å². The average Bonchev–Trinajstić information content (AvgIpc) is 2.20. The predicted molar refractivity (Wildman–Crippen MR) is 68.3 cm³/mol. The summed E-state index contributed by atoms with van der Waals surface area (Å²) in [5, 5.41) is 0.724. The van der Waals surface area contributed by atoms with E-state index in [1.807, 2.05) is 32.3 Å². The fourth-order valence-corrected chi connectivity index (χ4v) is 2.26. The Kier molecular flexibility index (Phi) is 4.77. The topological polar surface area (TPSA) is 12.5 Å². The van der Waals surface area contributed by atoms with Gasteiger partial charge in [-0.2, -0.15) is 12.6 Å². The lowest BCUT2D eigenvalue weighted by Crippen LogP contribution is -2.21. The lowest BCUT2D eigenvalue weighted by Gasteiger charge is -2.24. The Bertz CT molecular complexity index is 330. The van der Waals surface area contributed by atoms with Crippen LogP contribution in [-0.4, -0.2) is 31.9 Å². The third kappa shape index (κ3) is 3.03. The number of halogens is 1. The zero-order valence-corrected chi connectivity index (χ0v) is 10.8. The number of ether oxygens (including phenoxy) is 1. The molecule has 0 bridgehead atoms. The molecule has 0 saturated carbocycles. The molecule has 1 unspecified atom stereocenters. The molecule has 0 amide bonds. The first-order chi connectivity index (χ1) is 7.10. The largest absolute Gasteiger partial charge is 0.497 e. The Labute approximate surface area is 102 Å². The molecular weight excluding hydrogens is 230 g/mol. The van der Waals surface area contributed by atoms with E-state index in [4.69, 9.17) is 16.3 Å². The van der Waals surface area contributed by atoms with E-state index in [2.05, 4.69) is 17.5 Å². The maximum Gasteiger partial charge on any atom is 0.120 e. The summed E-state index contributed by atoms with van der Waals surface area (Å²) >= 11 is 10.5. The minimum atomic E-state index is 0.228. The summed E-state index contributed by atoms with van der Waals surface area (Å²) < 4.78 is 5.11. The molecular formula is C11H16ClNOS. The lowest BCUT2D eigenvalue weighted by atomic mass is 10.1. The number of methoxy groups -OCH3 is 1. The van der Waals surface area contributed by atoms with Crippen LogP contribution >= 0.6 is 24.2 Å². The summed E-state index contributed by atoms with van der Waals surface area (Å²) in [5.74, 6) is 1.51. The summed E-state index contributed by atoms with van der Waals surface area (Å²) in [5.41, 5.74) is 1.08. The van der Waals surface area contributed by atoms with Gasteiger partial charge in [-0.05, 0) is 31.8 Å². The van der Waals surface area contributed by atoms with Gasteiger partial charge in [0, 0.05) is 16.8 Å². The van der Waals surface area contributed by atoms with Crippen molar-refractivity contribution < 1.29 is 4.74 Å². The van der Waals surface area contributed by atoms with Crippen molar-refractivity contribution in [2.24, 2.45) is 0 Å². The van der Waals surface area contributed by atoms with Crippen LogP contribution in [0.2, 0.25) is 5.02 Å². The quantitative estimate of drug-likeness (QED) is 0.819.